The van der Waals surface area contributed by atoms with Gasteiger partial charge in [0, 0.05) is 60.4 Å². The smallest absolute Gasteiger partial charge is 0.138 e. The molecule has 2 bridgehead atoms. The summed E-state index contributed by atoms with van der Waals surface area (Å²) in [7, 11) is 0. The zero-order chi connectivity index (χ0) is 22.8. The first kappa shape index (κ1) is 21.6. The average molecular weight is 447 g/mol. The maximum atomic E-state index is 8.98. The SMILES string of the molecule is N#CCCN1[C@@H]2CC[C@H]1C[C@H](Nc1nc(NC(=N)/C=C(\N)C3COC3)cc3ncccc13)C2. The first-order valence-corrected chi connectivity index (χ1v) is 11.7. The molecule has 9 heteroatoms. The van der Waals surface area contributed by atoms with Gasteiger partial charge in [-0.05, 0) is 43.9 Å². The monoisotopic (exact) mass is 446 g/mol. The van der Waals surface area contributed by atoms with Gasteiger partial charge in [-0.25, -0.2) is 4.98 Å². The van der Waals surface area contributed by atoms with E-state index < -0.39 is 0 Å². The molecule has 0 amide bonds. The Morgan fingerprint density at radius 2 is 2.12 bits per heavy atom. The molecule has 5 N–H and O–H groups in total. The van der Waals surface area contributed by atoms with E-state index in [1.165, 1.54) is 12.8 Å². The van der Waals surface area contributed by atoms with Crippen molar-refractivity contribution in [2.24, 2.45) is 11.7 Å². The number of nitrogens with zero attached hydrogens (tertiary/aromatic N) is 4. The summed E-state index contributed by atoms with van der Waals surface area (Å²) < 4.78 is 5.18. The highest BCUT2D eigenvalue weighted by molar-refractivity contribution is 6.03. The molecular formula is C24H30N8O. The van der Waals surface area contributed by atoms with Crippen LogP contribution >= 0.6 is 0 Å². The second-order valence-electron chi connectivity index (χ2n) is 9.19. The van der Waals surface area contributed by atoms with Crippen LogP contribution in [0.5, 0.6) is 0 Å². The van der Waals surface area contributed by atoms with Gasteiger partial charge in [0.25, 0.3) is 0 Å². The van der Waals surface area contributed by atoms with E-state index in [1.807, 2.05) is 18.2 Å². The average Bonchev–Trinajstić information content (AvgIpc) is 2.98. The van der Waals surface area contributed by atoms with E-state index in [0.717, 1.165) is 36.1 Å². The van der Waals surface area contributed by atoms with Gasteiger partial charge in [0.05, 0.1) is 24.8 Å². The number of nitrogens with two attached hydrogens (primary N) is 1. The molecule has 0 saturated carbocycles. The van der Waals surface area contributed by atoms with Gasteiger partial charge >= 0.3 is 0 Å². The number of nitrogens with one attached hydrogen (secondary N) is 3. The lowest BCUT2D eigenvalue weighted by Crippen LogP contribution is -2.47. The molecular weight excluding hydrogens is 416 g/mol. The van der Waals surface area contributed by atoms with Crippen LogP contribution in [0.4, 0.5) is 11.6 Å². The van der Waals surface area contributed by atoms with Crippen LogP contribution in [-0.2, 0) is 4.74 Å². The molecule has 3 saturated heterocycles. The highest BCUT2D eigenvalue weighted by Gasteiger charge is 2.40. The van der Waals surface area contributed by atoms with Crippen LogP contribution < -0.4 is 16.4 Å². The molecule has 3 fully saturated rings. The highest BCUT2D eigenvalue weighted by Crippen LogP contribution is 2.37. The van der Waals surface area contributed by atoms with E-state index in [9.17, 15) is 0 Å². The van der Waals surface area contributed by atoms with Crippen molar-refractivity contribution >= 4 is 28.4 Å². The number of hydrogen-bond acceptors (Lipinski definition) is 8. The van der Waals surface area contributed by atoms with Gasteiger partial charge in [-0.1, -0.05) is 0 Å². The van der Waals surface area contributed by atoms with Crippen molar-refractivity contribution in [2.75, 3.05) is 30.4 Å². The van der Waals surface area contributed by atoms with Gasteiger partial charge < -0.3 is 21.1 Å². The molecule has 3 aliphatic heterocycles. The number of nitriles is 1. The molecule has 3 atom stereocenters. The Labute approximate surface area is 193 Å². The summed E-state index contributed by atoms with van der Waals surface area (Å²) >= 11 is 0. The van der Waals surface area contributed by atoms with E-state index in [0.29, 0.717) is 49.3 Å². The topological polar surface area (TPSA) is 136 Å². The molecule has 9 nitrogen and oxygen atoms in total. The Hall–Kier alpha value is -3.22. The molecule has 2 aromatic heterocycles. The van der Waals surface area contributed by atoms with Crippen molar-refractivity contribution < 1.29 is 4.74 Å². The number of hydrogen-bond donors (Lipinski definition) is 4. The molecule has 0 aromatic carbocycles. The number of rotatable bonds is 7. The van der Waals surface area contributed by atoms with E-state index in [2.05, 4.69) is 26.6 Å². The zero-order valence-corrected chi connectivity index (χ0v) is 18.6. The van der Waals surface area contributed by atoms with Crippen molar-refractivity contribution in [3.05, 3.63) is 36.2 Å². The fraction of sp³-hybridized carbons (Fsp3) is 0.500. The molecule has 0 unspecified atom stereocenters. The van der Waals surface area contributed by atoms with Crippen LogP contribution in [0.3, 0.4) is 0 Å². The Bertz CT molecular complexity index is 1090. The molecule has 0 aliphatic carbocycles. The predicted molar refractivity (Wildman–Crippen MR) is 128 cm³/mol. The van der Waals surface area contributed by atoms with Crippen LogP contribution in [0.15, 0.2) is 36.2 Å². The normalized spacial score (nSPS) is 25.4. The first-order chi connectivity index (χ1) is 16.1. The summed E-state index contributed by atoms with van der Waals surface area (Å²) in [6.45, 7) is 2.09. The number of fused-ring (bicyclic) bond motifs is 3. The number of piperidine rings is 1. The lowest BCUT2D eigenvalue weighted by molar-refractivity contribution is -0.0138. The van der Waals surface area contributed by atoms with Crippen molar-refractivity contribution in [1.29, 1.82) is 10.7 Å². The number of pyridine rings is 2. The Balaban J connectivity index is 1.33. The maximum absolute atomic E-state index is 8.98. The van der Waals surface area contributed by atoms with Gasteiger partial charge in [0.2, 0.25) is 0 Å². The minimum absolute atomic E-state index is 0.185. The molecule has 5 heterocycles. The standard InChI is InChI=1S/C24H30N8O/c25-6-2-8-32-17-4-5-18(32)10-16(9-17)29-24-19-3-1-7-28-21(19)12-23(31-24)30-22(27)11-20(26)15-13-33-14-15/h1,3,7,11-12,15-18H,2,4-5,8-10,13-14,26H2,(H3,27,29,30,31)/b20-11-/t16-,17-,18+. The van der Waals surface area contributed by atoms with Crippen molar-refractivity contribution in [1.82, 2.24) is 14.9 Å². The summed E-state index contributed by atoms with van der Waals surface area (Å²) in [6, 6.07) is 9.46. The number of aromatic nitrogens is 2. The number of anilines is 2. The van der Waals surface area contributed by atoms with Gasteiger partial charge in [0.1, 0.15) is 17.5 Å². The fourth-order valence-electron chi connectivity index (χ4n) is 5.27. The lowest BCUT2D eigenvalue weighted by atomic mass is 9.97. The van der Waals surface area contributed by atoms with Crippen molar-refractivity contribution in [3.63, 3.8) is 0 Å². The summed E-state index contributed by atoms with van der Waals surface area (Å²) in [4.78, 5) is 11.8. The van der Waals surface area contributed by atoms with Crippen LogP contribution in [-0.4, -0.2) is 58.6 Å². The third kappa shape index (κ3) is 4.63. The summed E-state index contributed by atoms with van der Waals surface area (Å²) in [6.07, 6.45) is 8.48. The Morgan fingerprint density at radius 1 is 1.33 bits per heavy atom. The molecule has 33 heavy (non-hydrogen) atoms. The van der Waals surface area contributed by atoms with Gasteiger partial charge in [0.15, 0.2) is 0 Å². The van der Waals surface area contributed by atoms with Crippen molar-refractivity contribution in [3.8, 4) is 6.07 Å². The summed E-state index contributed by atoms with van der Waals surface area (Å²) in [5, 5.41) is 25.0. The zero-order valence-electron chi connectivity index (χ0n) is 18.6. The van der Waals surface area contributed by atoms with Gasteiger partial charge in [-0.15, -0.1) is 0 Å². The Morgan fingerprint density at radius 3 is 2.82 bits per heavy atom. The summed E-state index contributed by atoms with van der Waals surface area (Å²) in [5.74, 6) is 1.73. The second kappa shape index (κ2) is 9.33. The summed E-state index contributed by atoms with van der Waals surface area (Å²) in [5.41, 5.74) is 7.56. The second-order valence-corrected chi connectivity index (χ2v) is 9.19. The van der Waals surface area contributed by atoms with E-state index in [4.69, 9.17) is 26.1 Å². The molecule has 5 rings (SSSR count). The molecule has 0 spiro atoms. The van der Waals surface area contributed by atoms with E-state index in [1.54, 1.807) is 12.3 Å². The Kier molecular flexibility index (Phi) is 6.11. The van der Waals surface area contributed by atoms with Crippen LogP contribution in [0.2, 0.25) is 0 Å². The van der Waals surface area contributed by atoms with Crippen molar-refractivity contribution in [2.45, 2.75) is 50.2 Å². The number of amidine groups is 1. The highest BCUT2D eigenvalue weighted by atomic mass is 16.5. The predicted octanol–water partition coefficient (Wildman–Crippen LogP) is 2.83. The third-order valence-corrected chi connectivity index (χ3v) is 6.99. The first-order valence-electron chi connectivity index (χ1n) is 11.7. The molecule has 2 aromatic rings. The molecule has 0 radical (unpaired) electrons. The van der Waals surface area contributed by atoms with E-state index in [-0.39, 0.29) is 11.8 Å². The fourth-order valence-corrected chi connectivity index (χ4v) is 5.27. The van der Waals surface area contributed by atoms with E-state index >= 15 is 0 Å². The minimum Gasteiger partial charge on any atom is -0.402 e. The number of ether oxygens (including phenoxy) is 1. The lowest BCUT2D eigenvalue weighted by Gasteiger charge is -2.39. The third-order valence-electron chi connectivity index (χ3n) is 6.99. The van der Waals surface area contributed by atoms with Gasteiger partial charge in [-0.3, -0.25) is 15.3 Å². The maximum Gasteiger partial charge on any atom is 0.138 e. The quantitative estimate of drug-likeness (QED) is 0.376. The largest absolute Gasteiger partial charge is 0.402 e. The molecule has 172 valence electrons. The van der Waals surface area contributed by atoms with Crippen LogP contribution in [0.25, 0.3) is 10.9 Å². The van der Waals surface area contributed by atoms with Crippen LogP contribution in [0, 0.1) is 22.7 Å². The van der Waals surface area contributed by atoms with Gasteiger partial charge in [-0.2, -0.15) is 5.26 Å². The van der Waals surface area contributed by atoms with Crippen LogP contribution in [0.1, 0.15) is 32.1 Å². The molecule has 3 aliphatic rings. The minimum atomic E-state index is 0.185.